The minimum Gasteiger partial charge on any atom is -0.495 e. The average Bonchev–Trinajstić information content (AvgIpc) is 2.60. The van der Waals surface area contributed by atoms with Gasteiger partial charge < -0.3 is 20.7 Å². The number of rotatable bonds is 4. The third-order valence-electron chi connectivity index (χ3n) is 3.13. The van der Waals surface area contributed by atoms with E-state index in [0.29, 0.717) is 17.1 Å². The maximum Gasteiger partial charge on any atom is 0.320 e. The molecule has 0 spiro atoms. The molecular weight excluding hydrogens is 318 g/mol. The van der Waals surface area contributed by atoms with Crippen molar-refractivity contribution in [3.8, 4) is 17.6 Å². The molecule has 0 fully saturated rings. The van der Waals surface area contributed by atoms with Crippen LogP contribution in [0.25, 0.3) is 0 Å². The van der Waals surface area contributed by atoms with Gasteiger partial charge in [-0.3, -0.25) is 4.79 Å². The summed E-state index contributed by atoms with van der Waals surface area (Å²) in [4.78, 5) is 22.8. The van der Waals surface area contributed by atoms with E-state index in [9.17, 15) is 9.59 Å². The van der Waals surface area contributed by atoms with E-state index in [-0.39, 0.29) is 18.5 Å². The SMILES string of the molecule is COc1ccccc1NC(=O)NCC#Cc1ccc(NC(C)=O)cc1. The van der Waals surface area contributed by atoms with Crippen LogP contribution in [-0.4, -0.2) is 25.6 Å². The molecule has 0 aliphatic rings. The Morgan fingerprint density at radius 1 is 1.04 bits per heavy atom. The summed E-state index contributed by atoms with van der Waals surface area (Å²) in [7, 11) is 1.54. The van der Waals surface area contributed by atoms with E-state index in [0.717, 1.165) is 5.56 Å². The highest BCUT2D eigenvalue weighted by atomic mass is 16.5. The number of hydrogen-bond acceptors (Lipinski definition) is 3. The third-order valence-corrected chi connectivity index (χ3v) is 3.13. The molecule has 0 heterocycles. The highest BCUT2D eigenvalue weighted by Gasteiger charge is 2.04. The maximum atomic E-state index is 11.9. The second-order valence-electron chi connectivity index (χ2n) is 5.07. The summed E-state index contributed by atoms with van der Waals surface area (Å²) >= 11 is 0. The van der Waals surface area contributed by atoms with Gasteiger partial charge in [-0.25, -0.2) is 4.79 Å². The van der Waals surface area contributed by atoms with Gasteiger partial charge in [0.1, 0.15) is 5.75 Å². The van der Waals surface area contributed by atoms with Crippen molar-refractivity contribution < 1.29 is 14.3 Å². The minimum absolute atomic E-state index is 0.121. The highest BCUT2D eigenvalue weighted by Crippen LogP contribution is 2.22. The van der Waals surface area contributed by atoms with Gasteiger partial charge in [-0.15, -0.1) is 0 Å². The lowest BCUT2D eigenvalue weighted by Crippen LogP contribution is -2.29. The molecule has 0 atom stereocenters. The summed E-state index contributed by atoms with van der Waals surface area (Å²) in [5.41, 5.74) is 2.09. The molecule has 128 valence electrons. The zero-order valence-corrected chi connectivity index (χ0v) is 14.1. The normalized spacial score (nSPS) is 9.36. The number of ether oxygens (including phenoxy) is 1. The van der Waals surface area contributed by atoms with Gasteiger partial charge in [-0.2, -0.15) is 0 Å². The summed E-state index contributed by atoms with van der Waals surface area (Å²) < 4.78 is 5.17. The number of para-hydroxylation sites is 2. The zero-order valence-electron chi connectivity index (χ0n) is 14.1. The van der Waals surface area contributed by atoms with Crippen LogP contribution in [-0.2, 0) is 4.79 Å². The molecule has 0 unspecified atom stereocenters. The number of amides is 3. The Hall–Kier alpha value is -3.46. The molecule has 6 heteroatoms. The van der Waals surface area contributed by atoms with Crippen LogP contribution in [0.4, 0.5) is 16.2 Å². The smallest absolute Gasteiger partial charge is 0.320 e. The van der Waals surface area contributed by atoms with Crippen LogP contribution in [0.2, 0.25) is 0 Å². The second-order valence-corrected chi connectivity index (χ2v) is 5.07. The largest absolute Gasteiger partial charge is 0.495 e. The Balaban J connectivity index is 1.83. The van der Waals surface area contributed by atoms with Crippen LogP contribution in [0.1, 0.15) is 12.5 Å². The molecule has 25 heavy (non-hydrogen) atoms. The number of hydrogen-bond donors (Lipinski definition) is 3. The van der Waals surface area contributed by atoms with Gasteiger partial charge in [0.05, 0.1) is 19.3 Å². The summed E-state index contributed by atoms with van der Waals surface area (Å²) in [5, 5.41) is 8.04. The topological polar surface area (TPSA) is 79.5 Å². The fourth-order valence-electron chi connectivity index (χ4n) is 2.03. The van der Waals surface area contributed by atoms with Crippen molar-refractivity contribution >= 4 is 23.3 Å². The molecule has 3 N–H and O–H groups in total. The number of benzene rings is 2. The zero-order chi connectivity index (χ0) is 18.1. The van der Waals surface area contributed by atoms with Gasteiger partial charge in [-0.05, 0) is 36.4 Å². The van der Waals surface area contributed by atoms with E-state index in [2.05, 4.69) is 27.8 Å². The van der Waals surface area contributed by atoms with Crippen molar-refractivity contribution in [1.82, 2.24) is 5.32 Å². The molecule has 2 aromatic carbocycles. The summed E-state index contributed by atoms with van der Waals surface area (Å²) in [6.07, 6.45) is 0. The van der Waals surface area contributed by atoms with Crippen molar-refractivity contribution in [2.45, 2.75) is 6.92 Å². The van der Waals surface area contributed by atoms with E-state index in [1.165, 1.54) is 6.92 Å². The van der Waals surface area contributed by atoms with E-state index in [1.54, 1.807) is 43.5 Å². The van der Waals surface area contributed by atoms with Crippen LogP contribution >= 0.6 is 0 Å². The molecule has 0 aliphatic heterocycles. The van der Waals surface area contributed by atoms with Crippen molar-refractivity contribution in [2.75, 3.05) is 24.3 Å². The number of carbonyl (C=O) groups excluding carboxylic acids is 2. The first-order chi connectivity index (χ1) is 12.1. The number of anilines is 2. The maximum absolute atomic E-state index is 11.9. The molecule has 2 rings (SSSR count). The molecule has 0 radical (unpaired) electrons. The van der Waals surface area contributed by atoms with Crippen LogP contribution in [0.15, 0.2) is 48.5 Å². The molecule has 6 nitrogen and oxygen atoms in total. The van der Waals surface area contributed by atoms with Gasteiger partial charge in [0.25, 0.3) is 0 Å². The Morgan fingerprint density at radius 3 is 2.44 bits per heavy atom. The summed E-state index contributed by atoms with van der Waals surface area (Å²) in [6, 6.07) is 13.9. The second kappa shape index (κ2) is 8.99. The van der Waals surface area contributed by atoms with Crippen LogP contribution in [0.3, 0.4) is 0 Å². The molecule has 2 aromatic rings. The molecular formula is C19H19N3O3. The minimum atomic E-state index is -0.361. The predicted octanol–water partition coefficient (Wildman–Crippen LogP) is 2.83. The lowest BCUT2D eigenvalue weighted by Gasteiger charge is -2.09. The Bertz CT molecular complexity index is 805. The average molecular weight is 337 g/mol. The monoisotopic (exact) mass is 337 g/mol. The van der Waals surface area contributed by atoms with E-state index >= 15 is 0 Å². The molecule has 0 bridgehead atoms. The van der Waals surface area contributed by atoms with Crippen LogP contribution < -0.4 is 20.7 Å². The first-order valence-electron chi connectivity index (χ1n) is 7.63. The van der Waals surface area contributed by atoms with E-state index < -0.39 is 0 Å². The van der Waals surface area contributed by atoms with E-state index in [4.69, 9.17) is 4.74 Å². The number of nitrogens with one attached hydrogen (secondary N) is 3. The van der Waals surface area contributed by atoms with Crippen molar-refractivity contribution in [3.05, 3.63) is 54.1 Å². The van der Waals surface area contributed by atoms with Crippen molar-refractivity contribution in [2.24, 2.45) is 0 Å². The fraction of sp³-hybridized carbons (Fsp3) is 0.158. The first kappa shape index (κ1) is 17.9. The lowest BCUT2D eigenvalue weighted by atomic mass is 10.2. The lowest BCUT2D eigenvalue weighted by molar-refractivity contribution is -0.114. The predicted molar refractivity (Wildman–Crippen MR) is 97.6 cm³/mol. The van der Waals surface area contributed by atoms with Crippen LogP contribution in [0.5, 0.6) is 5.75 Å². The standard InChI is InChI=1S/C19H19N3O3/c1-14(23)21-16-11-9-15(10-12-16)6-5-13-20-19(24)22-17-7-3-4-8-18(17)25-2/h3-4,7-12H,13H2,1-2H3,(H,21,23)(H2,20,22,24). The molecule has 0 saturated carbocycles. The fourth-order valence-corrected chi connectivity index (χ4v) is 2.03. The third kappa shape index (κ3) is 5.92. The van der Waals surface area contributed by atoms with Crippen LogP contribution in [0, 0.1) is 11.8 Å². The van der Waals surface area contributed by atoms with Gasteiger partial charge >= 0.3 is 6.03 Å². The van der Waals surface area contributed by atoms with Gasteiger partial charge in [-0.1, -0.05) is 24.0 Å². The molecule has 0 aliphatic carbocycles. The number of carbonyl (C=O) groups is 2. The van der Waals surface area contributed by atoms with Gasteiger partial charge in [0, 0.05) is 18.2 Å². The number of methoxy groups -OCH3 is 1. The molecule has 3 amide bonds. The highest BCUT2D eigenvalue weighted by molar-refractivity contribution is 5.91. The van der Waals surface area contributed by atoms with Gasteiger partial charge in [0.2, 0.25) is 5.91 Å². The van der Waals surface area contributed by atoms with E-state index in [1.807, 2.05) is 12.1 Å². The quantitative estimate of drug-likeness (QED) is 0.751. The molecule has 0 aromatic heterocycles. The number of urea groups is 1. The molecule has 0 saturated heterocycles. The first-order valence-corrected chi connectivity index (χ1v) is 7.63. The van der Waals surface area contributed by atoms with Crippen molar-refractivity contribution in [1.29, 1.82) is 0 Å². The Labute approximate surface area is 146 Å². The Morgan fingerprint density at radius 2 is 1.76 bits per heavy atom. The summed E-state index contributed by atoms with van der Waals surface area (Å²) in [5.74, 6) is 6.27. The Kier molecular flexibility index (Phi) is 6.43. The van der Waals surface area contributed by atoms with Crippen molar-refractivity contribution in [3.63, 3.8) is 0 Å². The van der Waals surface area contributed by atoms with Gasteiger partial charge in [0.15, 0.2) is 0 Å². The summed E-state index contributed by atoms with van der Waals surface area (Å²) in [6.45, 7) is 1.66.